The lowest BCUT2D eigenvalue weighted by Crippen LogP contribution is -2.37. The minimum atomic E-state index is -0.103. The van der Waals surface area contributed by atoms with Crippen molar-refractivity contribution in [2.45, 2.75) is 13.3 Å². The summed E-state index contributed by atoms with van der Waals surface area (Å²) in [6.07, 6.45) is 2.33. The van der Waals surface area contributed by atoms with E-state index in [4.69, 9.17) is 11.0 Å². The number of likely N-dealkylation sites (N-methyl/N-ethyl adjacent to an activating group) is 1. The fourth-order valence-electron chi connectivity index (χ4n) is 1.58. The molecule has 6 nitrogen and oxygen atoms in total. The molecule has 6 heteroatoms. The quantitative estimate of drug-likeness (QED) is 0.790. The van der Waals surface area contributed by atoms with Crippen molar-refractivity contribution in [3.05, 3.63) is 17.8 Å². The first kappa shape index (κ1) is 13.8. The van der Waals surface area contributed by atoms with Gasteiger partial charge >= 0.3 is 0 Å². The molecule has 1 heterocycles. The third-order valence-electron chi connectivity index (χ3n) is 2.43. The molecule has 0 aliphatic rings. The molecular weight excluding hydrogens is 230 g/mol. The summed E-state index contributed by atoms with van der Waals surface area (Å²) in [5, 5.41) is 11.3. The summed E-state index contributed by atoms with van der Waals surface area (Å²) in [6, 6.07) is 3.54. The summed E-state index contributed by atoms with van der Waals surface area (Å²) >= 11 is 0. The first-order valence-electron chi connectivity index (χ1n) is 5.73. The molecule has 1 aromatic heterocycles. The minimum Gasteiger partial charge on any atom is -0.396 e. The van der Waals surface area contributed by atoms with Crippen LogP contribution in [0.5, 0.6) is 0 Å². The van der Waals surface area contributed by atoms with Crippen LogP contribution in [-0.4, -0.2) is 31.0 Å². The Hall–Kier alpha value is -2.29. The number of nitriles is 1. The van der Waals surface area contributed by atoms with Gasteiger partial charge in [0.1, 0.15) is 6.07 Å². The van der Waals surface area contributed by atoms with Gasteiger partial charge in [-0.25, -0.2) is 4.98 Å². The molecule has 0 saturated heterocycles. The van der Waals surface area contributed by atoms with E-state index >= 15 is 0 Å². The second-order valence-electron chi connectivity index (χ2n) is 3.84. The highest BCUT2D eigenvalue weighted by Crippen LogP contribution is 2.20. The van der Waals surface area contributed by atoms with Gasteiger partial charge in [0.15, 0.2) is 5.82 Å². The molecule has 0 spiro atoms. The highest BCUT2D eigenvalue weighted by atomic mass is 16.1. The van der Waals surface area contributed by atoms with E-state index < -0.39 is 0 Å². The van der Waals surface area contributed by atoms with Crippen LogP contribution in [0.15, 0.2) is 12.3 Å². The Labute approximate surface area is 106 Å². The Bertz CT molecular complexity index is 466. The summed E-state index contributed by atoms with van der Waals surface area (Å²) in [4.78, 5) is 17.4. The maximum atomic E-state index is 11.4. The molecule has 0 aromatic carbocycles. The smallest absolute Gasteiger partial charge is 0.239 e. The standard InChI is InChI=1S/C12H17N5O/c1-3-4-17(8-11(18)15-2)12-10(14)5-9(6-13)7-16-12/h5,7H,3-4,8,14H2,1-2H3,(H,15,18). The van der Waals surface area contributed by atoms with Crippen LogP contribution >= 0.6 is 0 Å². The Balaban J connectivity index is 2.98. The van der Waals surface area contributed by atoms with Crippen LogP contribution < -0.4 is 16.0 Å². The predicted molar refractivity (Wildman–Crippen MR) is 69.9 cm³/mol. The van der Waals surface area contributed by atoms with Gasteiger partial charge in [0.05, 0.1) is 17.8 Å². The van der Waals surface area contributed by atoms with Crippen LogP contribution in [0.1, 0.15) is 18.9 Å². The van der Waals surface area contributed by atoms with E-state index in [0.29, 0.717) is 23.6 Å². The summed E-state index contributed by atoms with van der Waals surface area (Å²) in [5.41, 5.74) is 6.68. The second-order valence-corrected chi connectivity index (χ2v) is 3.84. The van der Waals surface area contributed by atoms with Gasteiger partial charge in [-0.3, -0.25) is 4.79 Å². The molecule has 3 N–H and O–H groups in total. The number of aromatic nitrogens is 1. The first-order chi connectivity index (χ1) is 8.62. The fraction of sp³-hybridized carbons (Fsp3) is 0.417. The van der Waals surface area contributed by atoms with Crippen LogP contribution in [0.2, 0.25) is 0 Å². The number of nitrogens with one attached hydrogen (secondary N) is 1. The average molecular weight is 247 g/mol. The molecule has 1 rings (SSSR count). The maximum absolute atomic E-state index is 11.4. The predicted octanol–water partition coefficient (Wildman–Crippen LogP) is 0.498. The van der Waals surface area contributed by atoms with Crippen molar-refractivity contribution >= 4 is 17.4 Å². The Morgan fingerprint density at radius 2 is 2.39 bits per heavy atom. The summed E-state index contributed by atoms with van der Waals surface area (Å²) in [5.74, 6) is 0.438. The van der Waals surface area contributed by atoms with Crippen LogP contribution in [0.4, 0.5) is 11.5 Å². The van der Waals surface area contributed by atoms with E-state index in [-0.39, 0.29) is 12.5 Å². The van der Waals surface area contributed by atoms with Gasteiger partial charge in [0, 0.05) is 19.8 Å². The lowest BCUT2D eigenvalue weighted by molar-refractivity contribution is -0.119. The van der Waals surface area contributed by atoms with Gasteiger partial charge in [-0.1, -0.05) is 6.92 Å². The monoisotopic (exact) mass is 247 g/mol. The summed E-state index contributed by atoms with van der Waals surface area (Å²) in [7, 11) is 1.59. The molecule has 0 unspecified atom stereocenters. The van der Waals surface area contributed by atoms with E-state index in [1.807, 2.05) is 13.0 Å². The van der Waals surface area contributed by atoms with Gasteiger partial charge in [-0.15, -0.1) is 0 Å². The van der Waals surface area contributed by atoms with Crippen LogP contribution in [-0.2, 0) is 4.79 Å². The number of amides is 1. The van der Waals surface area contributed by atoms with E-state index in [0.717, 1.165) is 6.42 Å². The van der Waals surface area contributed by atoms with E-state index in [1.54, 1.807) is 18.0 Å². The van der Waals surface area contributed by atoms with Crippen LogP contribution in [0.3, 0.4) is 0 Å². The largest absolute Gasteiger partial charge is 0.396 e. The van der Waals surface area contributed by atoms with E-state index in [2.05, 4.69) is 10.3 Å². The van der Waals surface area contributed by atoms with Gasteiger partial charge in [-0.05, 0) is 12.5 Å². The number of pyridine rings is 1. The van der Waals surface area contributed by atoms with Gasteiger partial charge in [-0.2, -0.15) is 5.26 Å². The molecule has 0 bridgehead atoms. The average Bonchev–Trinajstić information content (AvgIpc) is 2.38. The van der Waals surface area contributed by atoms with Gasteiger partial charge < -0.3 is 16.0 Å². The molecule has 18 heavy (non-hydrogen) atoms. The lowest BCUT2D eigenvalue weighted by atomic mass is 10.2. The number of rotatable bonds is 5. The zero-order valence-electron chi connectivity index (χ0n) is 10.6. The van der Waals surface area contributed by atoms with Crippen molar-refractivity contribution in [1.29, 1.82) is 5.26 Å². The highest BCUT2D eigenvalue weighted by Gasteiger charge is 2.14. The number of carbonyl (C=O) groups excluding carboxylic acids is 1. The number of anilines is 2. The fourth-order valence-corrected chi connectivity index (χ4v) is 1.58. The molecule has 96 valence electrons. The number of hydrogen-bond donors (Lipinski definition) is 2. The molecule has 1 amide bonds. The Kier molecular flexibility index (Phi) is 4.93. The number of carbonyl (C=O) groups is 1. The van der Waals surface area contributed by atoms with Gasteiger partial charge in [0.2, 0.25) is 5.91 Å². The molecule has 0 fully saturated rings. The highest BCUT2D eigenvalue weighted by molar-refractivity contribution is 5.82. The molecule has 1 aromatic rings. The maximum Gasteiger partial charge on any atom is 0.239 e. The number of nitrogens with two attached hydrogens (primary N) is 1. The summed E-state index contributed by atoms with van der Waals surface area (Å²) in [6.45, 7) is 2.89. The third-order valence-corrected chi connectivity index (χ3v) is 2.43. The Morgan fingerprint density at radius 3 is 2.89 bits per heavy atom. The molecule has 0 radical (unpaired) electrons. The Morgan fingerprint density at radius 1 is 1.67 bits per heavy atom. The topological polar surface area (TPSA) is 95.0 Å². The minimum absolute atomic E-state index is 0.103. The molecule has 0 atom stereocenters. The number of nitrogen functional groups attached to an aromatic ring is 1. The van der Waals surface area contributed by atoms with Crippen LogP contribution in [0, 0.1) is 11.3 Å². The van der Waals surface area contributed by atoms with Crippen molar-refractivity contribution in [3.63, 3.8) is 0 Å². The number of hydrogen-bond acceptors (Lipinski definition) is 5. The van der Waals surface area contributed by atoms with Crippen molar-refractivity contribution in [2.75, 3.05) is 30.8 Å². The summed E-state index contributed by atoms with van der Waals surface area (Å²) < 4.78 is 0. The normalized spacial score (nSPS) is 9.61. The van der Waals surface area contributed by atoms with Crippen molar-refractivity contribution in [2.24, 2.45) is 0 Å². The van der Waals surface area contributed by atoms with E-state index in [9.17, 15) is 4.79 Å². The second kappa shape index (κ2) is 6.45. The number of nitrogens with zero attached hydrogens (tertiary/aromatic N) is 3. The SMILES string of the molecule is CCCN(CC(=O)NC)c1ncc(C#N)cc1N. The lowest BCUT2D eigenvalue weighted by Gasteiger charge is -2.23. The third kappa shape index (κ3) is 3.35. The first-order valence-corrected chi connectivity index (χ1v) is 5.73. The van der Waals surface area contributed by atoms with Gasteiger partial charge in [0.25, 0.3) is 0 Å². The van der Waals surface area contributed by atoms with E-state index in [1.165, 1.54) is 6.20 Å². The van der Waals surface area contributed by atoms with Crippen molar-refractivity contribution in [1.82, 2.24) is 10.3 Å². The molecular formula is C12H17N5O. The zero-order chi connectivity index (χ0) is 13.5. The molecule has 0 aliphatic heterocycles. The molecule has 0 saturated carbocycles. The van der Waals surface area contributed by atoms with Crippen molar-refractivity contribution < 1.29 is 4.79 Å². The van der Waals surface area contributed by atoms with Crippen molar-refractivity contribution in [3.8, 4) is 6.07 Å². The molecule has 0 aliphatic carbocycles. The zero-order valence-corrected chi connectivity index (χ0v) is 10.6. The van der Waals surface area contributed by atoms with Crippen LogP contribution in [0.25, 0.3) is 0 Å².